The Morgan fingerprint density at radius 3 is 2.73 bits per heavy atom. The van der Waals surface area contributed by atoms with Crippen molar-refractivity contribution >= 4 is 27.3 Å². The summed E-state index contributed by atoms with van der Waals surface area (Å²) in [6.07, 6.45) is 2.21. The van der Waals surface area contributed by atoms with Crippen molar-refractivity contribution in [3.8, 4) is 10.7 Å². The molecule has 2 aliphatic heterocycles. The van der Waals surface area contributed by atoms with Crippen molar-refractivity contribution in [3.05, 3.63) is 52.2 Å². The molecule has 0 unspecified atom stereocenters. The third kappa shape index (κ3) is 4.22. The van der Waals surface area contributed by atoms with Gasteiger partial charge in [-0.1, -0.05) is 29.4 Å². The van der Waals surface area contributed by atoms with Crippen LogP contribution in [0.4, 0.5) is 0 Å². The standard InChI is InChI=1S/C23H26N4O4S2/c1-15-21(12-20(32-15)22-24-16(2)31-25-22)33(29,30)27-10-5-8-19(14-27)23(28)26-11-9-17-6-3-4-7-18(17)13-26/h3-4,6-7,12,19H,5,8-11,13-14H2,1-2H3/t19-/m1/s1. The van der Waals surface area contributed by atoms with E-state index >= 15 is 0 Å². The van der Waals surface area contributed by atoms with Gasteiger partial charge < -0.3 is 9.42 Å². The van der Waals surface area contributed by atoms with Crippen LogP contribution in [0.2, 0.25) is 0 Å². The fourth-order valence-corrected chi connectivity index (χ4v) is 7.68. The van der Waals surface area contributed by atoms with Crippen LogP contribution in [0.1, 0.15) is 34.7 Å². The summed E-state index contributed by atoms with van der Waals surface area (Å²) in [4.78, 5) is 21.0. The molecule has 4 heterocycles. The molecule has 0 N–H and O–H groups in total. The molecule has 0 aliphatic carbocycles. The zero-order chi connectivity index (χ0) is 23.2. The van der Waals surface area contributed by atoms with E-state index in [2.05, 4.69) is 22.3 Å². The lowest BCUT2D eigenvalue weighted by atomic mass is 9.95. The highest BCUT2D eigenvalue weighted by Gasteiger charge is 2.37. The topological polar surface area (TPSA) is 96.6 Å². The van der Waals surface area contributed by atoms with Crippen LogP contribution in [0.3, 0.4) is 0 Å². The Labute approximate surface area is 197 Å². The molecule has 0 bridgehead atoms. The van der Waals surface area contributed by atoms with Crippen molar-refractivity contribution in [3.63, 3.8) is 0 Å². The molecular weight excluding hydrogens is 460 g/mol. The van der Waals surface area contributed by atoms with Gasteiger partial charge >= 0.3 is 0 Å². The Morgan fingerprint density at radius 2 is 1.97 bits per heavy atom. The highest BCUT2D eigenvalue weighted by Crippen LogP contribution is 2.35. The lowest BCUT2D eigenvalue weighted by Crippen LogP contribution is -2.47. The molecule has 33 heavy (non-hydrogen) atoms. The van der Waals surface area contributed by atoms with E-state index < -0.39 is 10.0 Å². The van der Waals surface area contributed by atoms with E-state index in [1.54, 1.807) is 19.9 Å². The number of thiophene rings is 1. The molecule has 1 aromatic carbocycles. The van der Waals surface area contributed by atoms with Crippen molar-refractivity contribution in [2.45, 2.75) is 44.6 Å². The first kappa shape index (κ1) is 22.2. The fourth-order valence-electron chi connectivity index (χ4n) is 4.67. The minimum absolute atomic E-state index is 0.0504. The van der Waals surface area contributed by atoms with E-state index in [4.69, 9.17) is 4.52 Å². The number of amides is 1. The number of nitrogens with zero attached hydrogens (tertiary/aromatic N) is 4. The Kier molecular flexibility index (Phi) is 5.84. The van der Waals surface area contributed by atoms with Crippen LogP contribution >= 0.6 is 11.3 Å². The van der Waals surface area contributed by atoms with Gasteiger partial charge in [0.05, 0.1) is 15.7 Å². The summed E-state index contributed by atoms with van der Waals surface area (Å²) in [5.41, 5.74) is 2.46. The number of fused-ring (bicyclic) bond motifs is 1. The van der Waals surface area contributed by atoms with Crippen LogP contribution in [0.5, 0.6) is 0 Å². The maximum atomic E-state index is 13.5. The third-order valence-corrected chi connectivity index (χ3v) is 9.58. The van der Waals surface area contributed by atoms with Crippen LogP contribution in [0, 0.1) is 19.8 Å². The van der Waals surface area contributed by atoms with Crippen molar-refractivity contribution < 1.29 is 17.7 Å². The summed E-state index contributed by atoms with van der Waals surface area (Å²) in [6, 6.07) is 9.81. The number of benzene rings is 1. The Balaban J connectivity index is 1.33. The van der Waals surface area contributed by atoms with Gasteiger partial charge in [-0.05, 0) is 43.4 Å². The Morgan fingerprint density at radius 1 is 1.18 bits per heavy atom. The number of rotatable bonds is 4. The summed E-state index contributed by atoms with van der Waals surface area (Å²) < 4.78 is 33.5. The quantitative estimate of drug-likeness (QED) is 0.561. The molecule has 1 atom stereocenters. The number of carbonyl (C=O) groups is 1. The second-order valence-electron chi connectivity index (χ2n) is 8.65. The monoisotopic (exact) mass is 486 g/mol. The van der Waals surface area contributed by atoms with E-state index in [1.807, 2.05) is 17.0 Å². The van der Waals surface area contributed by atoms with E-state index in [0.29, 0.717) is 53.9 Å². The third-order valence-electron chi connectivity index (χ3n) is 6.41. The summed E-state index contributed by atoms with van der Waals surface area (Å²) in [7, 11) is -3.73. The minimum Gasteiger partial charge on any atom is -0.339 e. The van der Waals surface area contributed by atoms with Gasteiger partial charge in [-0.2, -0.15) is 9.29 Å². The maximum Gasteiger partial charge on any atom is 0.244 e. The number of hydrogen-bond acceptors (Lipinski definition) is 7. The molecule has 0 saturated carbocycles. The van der Waals surface area contributed by atoms with Gasteiger partial charge in [0.25, 0.3) is 0 Å². The van der Waals surface area contributed by atoms with E-state index in [9.17, 15) is 13.2 Å². The van der Waals surface area contributed by atoms with Crippen LogP contribution in [0.25, 0.3) is 10.7 Å². The molecule has 1 fully saturated rings. The van der Waals surface area contributed by atoms with Crippen LogP contribution in [-0.4, -0.2) is 53.3 Å². The predicted octanol–water partition coefficient (Wildman–Crippen LogP) is 3.40. The second-order valence-corrected chi connectivity index (χ2v) is 11.8. The van der Waals surface area contributed by atoms with Gasteiger partial charge in [0.2, 0.25) is 27.6 Å². The molecule has 174 valence electrons. The molecule has 3 aromatic rings. The molecule has 0 radical (unpaired) electrons. The fraction of sp³-hybridized carbons (Fsp3) is 0.435. The number of hydrogen-bond donors (Lipinski definition) is 0. The maximum absolute atomic E-state index is 13.5. The molecule has 0 spiro atoms. The van der Waals surface area contributed by atoms with Crippen molar-refractivity contribution in [1.82, 2.24) is 19.3 Å². The summed E-state index contributed by atoms with van der Waals surface area (Å²) >= 11 is 1.33. The lowest BCUT2D eigenvalue weighted by molar-refractivity contribution is -0.137. The van der Waals surface area contributed by atoms with E-state index in [1.165, 1.54) is 26.8 Å². The summed E-state index contributed by atoms with van der Waals surface area (Å²) in [6.45, 7) is 5.38. The van der Waals surface area contributed by atoms with Gasteiger partial charge in [0.1, 0.15) is 0 Å². The number of carbonyl (C=O) groups excluding carboxylic acids is 1. The average molecular weight is 487 g/mol. The zero-order valence-corrected chi connectivity index (χ0v) is 20.3. The number of sulfonamides is 1. The first-order valence-electron chi connectivity index (χ1n) is 11.1. The Hall–Kier alpha value is -2.56. The molecule has 8 nitrogen and oxygen atoms in total. The molecule has 2 aliphatic rings. The highest BCUT2D eigenvalue weighted by molar-refractivity contribution is 7.89. The lowest BCUT2D eigenvalue weighted by Gasteiger charge is -2.36. The van der Waals surface area contributed by atoms with Gasteiger partial charge in [0, 0.05) is 38.0 Å². The SMILES string of the molecule is Cc1nc(-c2cc(S(=O)(=O)N3CCC[C@@H](C(=O)N4CCc5ccccc5C4)C3)c(C)s2)no1. The second kappa shape index (κ2) is 8.66. The van der Waals surface area contributed by atoms with Crippen molar-refractivity contribution in [2.24, 2.45) is 5.92 Å². The van der Waals surface area contributed by atoms with Gasteiger partial charge in [0.15, 0.2) is 0 Å². The summed E-state index contributed by atoms with van der Waals surface area (Å²) in [5.74, 6) is 0.545. The van der Waals surface area contributed by atoms with Crippen molar-refractivity contribution in [1.29, 1.82) is 0 Å². The largest absolute Gasteiger partial charge is 0.339 e. The number of aromatic nitrogens is 2. The predicted molar refractivity (Wildman–Crippen MR) is 124 cm³/mol. The molecule has 5 rings (SSSR count). The zero-order valence-electron chi connectivity index (χ0n) is 18.7. The van der Waals surface area contributed by atoms with Crippen LogP contribution < -0.4 is 0 Å². The smallest absolute Gasteiger partial charge is 0.244 e. The minimum atomic E-state index is -3.73. The van der Waals surface area contributed by atoms with Gasteiger partial charge in [-0.15, -0.1) is 11.3 Å². The van der Waals surface area contributed by atoms with E-state index in [-0.39, 0.29) is 23.3 Å². The number of aryl methyl sites for hydroxylation is 2. The van der Waals surface area contributed by atoms with E-state index in [0.717, 1.165) is 6.42 Å². The average Bonchev–Trinajstić information content (AvgIpc) is 3.44. The molecular formula is C23H26N4O4S2. The van der Waals surface area contributed by atoms with Crippen molar-refractivity contribution in [2.75, 3.05) is 19.6 Å². The van der Waals surface area contributed by atoms with Crippen LogP contribution in [-0.2, 0) is 27.8 Å². The number of piperidine rings is 1. The Bertz CT molecular complexity index is 1300. The molecule has 2 aromatic heterocycles. The van der Waals surface area contributed by atoms with Gasteiger partial charge in [-0.3, -0.25) is 4.79 Å². The molecule has 1 saturated heterocycles. The normalized spacial score (nSPS) is 19.5. The molecule has 1 amide bonds. The highest BCUT2D eigenvalue weighted by atomic mass is 32.2. The first-order chi connectivity index (χ1) is 15.8. The first-order valence-corrected chi connectivity index (χ1v) is 13.4. The van der Waals surface area contributed by atoms with Gasteiger partial charge in [-0.25, -0.2) is 8.42 Å². The summed E-state index contributed by atoms with van der Waals surface area (Å²) in [5, 5.41) is 3.90. The molecule has 10 heteroatoms. The van der Waals surface area contributed by atoms with Crippen LogP contribution in [0.15, 0.2) is 39.8 Å².